The number of benzene rings is 3. The molecule has 0 radical (unpaired) electrons. The highest BCUT2D eigenvalue weighted by Crippen LogP contribution is 2.55. The first kappa shape index (κ1) is 25.4. The molecule has 2 aliphatic rings. The second kappa shape index (κ2) is 9.89. The number of aliphatic hydroxyl groups excluding tert-OH is 1. The molecule has 3 aromatic rings. The molecule has 10 heteroatoms. The van der Waals surface area contributed by atoms with Crippen LogP contribution in [0.15, 0.2) is 54.6 Å². The normalized spacial score (nSPS) is 20.9. The summed E-state index contributed by atoms with van der Waals surface area (Å²) in [7, 11) is 0. The molecule has 0 bridgehead atoms. The van der Waals surface area contributed by atoms with Gasteiger partial charge in [-0.15, -0.1) is 0 Å². The fourth-order valence-corrected chi connectivity index (χ4v) is 5.21. The van der Waals surface area contributed by atoms with E-state index in [9.17, 15) is 18.7 Å². The van der Waals surface area contributed by atoms with Crippen molar-refractivity contribution in [2.75, 3.05) is 6.54 Å². The van der Waals surface area contributed by atoms with Gasteiger partial charge in [-0.1, -0.05) is 48.4 Å². The Morgan fingerprint density at radius 2 is 1.89 bits per heavy atom. The summed E-state index contributed by atoms with van der Waals surface area (Å²) in [5, 5.41) is 15.2. The van der Waals surface area contributed by atoms with E-state index in [0.717, 1.165) is 31.4 Å². The van der Waals surface area contributed by atoms with Gasteiger partial charge in [0.15, 0.2) is 17.2 Å². The molecule has 1 amide bonds. The van der Waals surface area contributed by atoms with Gasteiger partial charge >= 0.3 is 6.61 Å². The number of carbonyl (C=O) groups excluding carboxylic acids is 1. The van der Waals surface area contributed by atoms with E-state index in [1.165, 1.54) is 6.07 Å². The quantitative estimate of drug-likeness (QED) is 0.365. The number of fused-ring (bicyclic) bond motifs is 1. The first-order valence-corrected chi connectivity index (χ1v) is 12.2. The molecule has 5 rings (SSSR count). The van der Waals surface area contributed by atoms with Crippen molar-refractivity contribution < 1.29 is 32.5 Å². The van der Waals surface area contributed by atoms with Gasteiger partial charge < -0.3 is 25.6 Å². The van der Waals surface area contributed by atoms with Gasteiger partial charge in [0.2, 0.25) is 5.91 Å². The van der Waals surface area contributed by atoms with Gasteiger partial charge in [-0.3, -0.25) is 4.79 Å². The van der Waals surface area contributed by atoms with Gasteiger partial charge in [0.25, 0.3) is 0 Å². The van der Waals surface area contributed by atoms with E-state index in [0.29, 0.717) is 5.56 Å². The van der Waals surface area contributed by atoms with Crippen LogP contribution in [0, 0.1) is 5.82 Å². The van der Waals surface area contributed by atoms with Gasteiger partial charge in [0.05, 0.1) is 5.56 Å². The minimum atomic E-state index is -3.31. The molecule has 2 atom stereocenters. The third-order valence-electron chi connectivity index (χ3n) is 7.02. The fourth-order valence-electron chi connectivity index (χ4n) is 4.95. The Labute approximate surface area is 216 Å². The number of aliphatic hydroxyl groups is 1. The second-order valence-electron chi connectivity index (χ2n) is 9.15. The molecule has 1 saturated carbocycles. The summed E-state index contributed by atoms with van der Waals surface area (Å²) in [6.45, 7) is -3.08. The lowest BCUT2D eigenvalue weighted by Gasteiger charge is -2.36. The number of hydrogen-bond donors (Lipinski definition) is 3. The summed E-state index contributed by atoms with van der Waals surface area (Å²) in [4.78, 5) is 12.3. The summed E-state index contributed by atoms with van der Waals surface area (Å²) in [5.74, 6) is -2.86. The van der Waals surface area contributed by atoms with E-state index in [2.05, 4.69) is 10.1 Å². The van der Waals surface area contributed by atoms with E-state index in [4.69, 9.17) is 22.1 Å². The SMILES string of the molecule is NC(=O)c1ccc(OC(F)F)c(F)c1-c1c(Cl)ccc2c1[C@H](O)[C@@](CNC1CCC1)(c1ccccc1)O2. The molecular formula is C27H24ClF3N2O4. The maximum Gasteiger partial charge on any atom is 0.387 e. The third kappa shape index (κ3) is 4.41. The van der Waals surface area contributed by atoms with Crippen molar-refractivity contribution in [3.8, 4) is 22.6 Å². The van der Waals surface area contributed by atoms with Gasteiger partial charge in [-0.05, 0) is 42.7 Å². The first-order valence-electron chi connectivity index (χ1n) is 11.8. The van der Waals surface area contributed by atoms with Crippen LogP contribution in [0.1, 0.15) is 46.9 Å². The predicted molar refractivity (Wildman–Crippen MR) is 131 cm³/mol. The van der Waals surface area contributed by atoms with Crippen molar-refractivity contribution in [2.45, 2.75) is 43.6 Å². The van der Waals surface area contributed by atoms with Crippen LogP contribution in [-0.4, -0.2) is 30.2 Å². The van der Waals surface area contributed by atoms with Crippen LogP contribution in [0.2, 0.25) is 5.02 Å². The average molecular weight is 533 g/mol. The molecule has 1 aliphatic heterocycles. The summed E-state index contributed by atoms with van der Waals surface area (Å²) < 4.78 is 52.3. The standard InChI is InChI=1S/C27H24ClF3N2O4/c28-17-10-12-18-22(21(17)20-16(25(32)35)9-11-19(23(20)29)36-26(30)31)24(34)27(37-18,13-33-15-7-4-8-15)14-5-2-1-3-6-14/h1-3,5-6,9-12,15,24,26,33-34H,4,7-8,13H2,(H2,32,35)/t24-,27+/m0/s1. The van der Waals surface area contributed by atoms with E-state index < -0.39 is 41.4 Å². The molecule has 4 N–H and O–H groups in total. The smallest absolute Gasteiger partial charge is 0.387 e. The van der Waals surface area contributed by atoms with E-state index in [-0.39, 0.29) is 40.0 Å². The number of alkyl halides is 2. The Bertz CT molecular complexity index is 1340. The van der Waals surface area contributed by atoms with Crippen LogP contribution < -0.4 is 20.5 Å². The number of amides is 1. The number of halogens is 4. The van der Waals surface area contributed by atoms with E-state index >= 15 is 4.39 Å². The Morgan fingerprint density at radius 1 is 1.16 bits per heavy atom. The molecular weight excluding hydrogens is 509 g/mol. The third-order valence-corrected chi connectivity index (χ3v) is 7.34. The Balaban J connectivity index is 1.70. The van der Waals surface area contributed by atoms with Crippen LogP contribution in [0.4, 0.5) is 13.2 Å². The maximum atomic E-state index is 15.7. The first-order chi connectivity index (χ1) is 17.7. The molecule has 6 nitrogen and oxygen atoms in total. The number of nitrogens with one attached hydrogen (secondary N) is 1. The molecule has 194 valence electrons. The van der Waals surface area contributed by atoms with Crippen LogP contribution in [0.25, 0.3) is 11.1 Å². The van der Waals surface area contributed by atoms with Crippen molar-refractivity contribution in [1.29, 1.82) is 0 Å². The highest BCUT2D eigenvalue weighted by molar-refractivity contribution is 6.34. The Hall–Kier alpha value is -3.27. The predicted octanol–water partition coefficient (Wildman–Crippen LogP) is 5.31. The number of primary amides is 1. The van der Waals surface area contributed by atoms with E-state index in [1.807, 2.05) is 30.3 Å². The number of ether oxygens (including phenoxy) is 2. The van der Waals surface area contributed by atoms with Crippen molar-refractivity contribution in [1.82, 2.24) is 5.32 Å². The molecule has 1 aliphatic carbocycles. The van der Waals surface area contributed by atoms with Crippen LogP contribution in [0.5, 0.6) is 11.5 Å². The number of carbonyl (C=O) groups is 1. The van der Waals surface area contributed by atoms with Crippen molar-refractivity contribution >= 4 is 17.5 Å². The van der Waals surface area contributed by atoms with Gasteiger partial charge in [0.1, 0.15) is 11.9 Å². The topological polar surface area (TPSA) is 93.8 Å². The zero-order valence-corrected chi connectivity index (χ0v) is 20.3. The minimum absolute atomic E-state index is 0.0344. The molecule has 0 unspecified atom stereocenters. The lowest BCUT2D eigenvalue weighted by Crippen LogP contribution is -2.49. The summed E-state index contributed by atoms with van der Waals surface area (Å²) in [5.41, 5.74) is 4.13. The molecule has 37 heavy (non-hydrogen) atoms. The highest BCUT2D eigenvalue weighted by atomic mass is 35.5. The molecule has 3 aromatic carbocycles. The minimum Gasteiger partial charge on any atom is -0.478 e. The average Bonchev–Trinajstić information content (AvgIpc) is 3.12. The number of rotatable bonds is 8. The monoisotopic (exact) mass is 532 g/mol. The maximum absolute atomic E-state index is 15.7. The fraction of sp³-hybridized carbons (Fsp3) is 0.296. The van der Waals surface area contributed by atoms with Gasteiger partial charge in [-0.25, -0.2) is 4.39 Å². The highest BCUT2D eigenvalue weighted by Gasteiger charge is 2.51. The summed E-state index contributed by atoms with van der Waals surface area (Å²) in [6, 6.07) is 14.3. The molecule has 1 heterocycles. The molecule has 1 fully saturated rings. The molecule has 0 aromatic heterocycles. The Morgan fingerprint density at radius 3 is 2.51 bits per heavy atom. The number of nitrogens with two attached hydrogens (primary N) is 1. The lowest BCUT2D eigenvalue weighted by molar-refractivity contribution is -0.0521. The number of hydrogen-bond acceptors (Lipinski definition) is 5. The van der Waals surface area contributed by atoms with E-state index in [1.54, 1.807) is 6.07 Å². The molecule has 0 saturated heterocycles. The van der Waals surface area contributed by atoms with Crippen molar-refractivity contribution in [3.05, 3.63) is 82.1 Å². The summed E-state index contributed by atoms with van der Waals surface area (Å²) in [6.07, 6.45) is 1.72. The second-order valence-corrected chi connectivity index (χ2v) is 9.55. The summed E-state index contributed by atoms with van der Waals surface area (Å²) >= 11 is 6.52. The van der Waals surface area contributed by atoms with Crippen molar-refractivity contribution in [3.63, 3.8) is 0 Å². The molecule has 0 spiro atoms. The van der Waals surface area contributed by atoms with Crippen LogP contribution >= 0.6 is 11.6 Å². The largest absolute Gasteiger partial charge is 0.478 e. The zero-order valence-electron chi connectivity index (χ0n) is 19.5. The van der Waals surface area contributed by atoms with Gasteiger partial charge in [0, 0.05) is 34.3 Å². The van der Waals surface area contributed by atoms with Crippen LogP contribution in [0.3, 0.4) is 0 Å². The van der Waals surface area contributed by atoms with Crippen LogP contribution in [-0.2, 0) is 5.60 Å². The Kier molecular flexibility index (Phi) is 6.78. The lowest BCUT2D eigenvalue weighted by atomic mass is 9.82. The zero-order chi connectivity index (χ0) is 26.3. The van der Waals surface area contributed by atoms with Gasteiger partial charge in [-0.2, -0.15) is 8.78 Å². The van der Waals surface area contributed by atoms with Crippen molar-refractivity contribution in [2.24, 2.45) is 5.73 Å².